The van der Waals surface area contributed by atoms with Crippen molar-refractivity contribution in [3.8, 4) is 5.75 Å². The van der Waals surface area contributed by atoms with E-state index in [0.717, 1.165) is 25.3 Å². The maximum Gasteiger partial charge on any atom is 0.514 e. The summed E-state index contributed by atoms with van der Waals surface area (Å²) in [4.78, 5) is 62.5. The molecule has 2 bridgehead atoms. The number of carbonyl (C=O) groups excluding carboxylic acids is 3. The lowest BCUT2D eigenvalue weighted by Crippen LogP contribution is -2.52. The van der Waals surface area contributed by atoms with Crippen LogP contribution in [0.3, 0.4) is 0 Å². The molecular weight excluding hydrogens is 738 g/mol. The molecule has 1 fully saturated rings. The molecule has 1 aromatic carbocycles. The summed E-state index contributed by atoms with van der Waals surface area (Å²) in [5.74, 6) is -3.43. The molecule has 0 aliphatic carbocycles. The Morgan fingerprint density at radius 3 is 2.18 bits per heavy atom. The highest BCUT2D eigenvalue weighted by Crippen LogP contribution is 2.46. The third-order valence-corrected chi connectivity index (χ3v) is 11.6. The second-order valence-corrected chi connectivity index (χ2v) is 15.8. The lowest BCUT2D eigenvalue weighted by atomic mass is 9.85. The number of ether oxygens (including phenoxy) is 3. The lowest BCUT2D eigenvalue weighted by Gasteiger charge is -2.41. The number of aromatic nitrogens is 1. The Hall–Kier alpha value is -4.49. The largest absolute Gasteiger partial charge is 0.514 e. The number of rotatable bonds is 21. The maximum absolute atomic E-state index is 14.4. The van der Waals surface area contributed by atoms with Crippen LogP contribution in [0.4, 0.5) is 13.6 Å². The molecule has 3 aliphatic heterocycles. The van der Waals surface area contributed by atoms with Gasteiger partial charge >= 0.3 is 6.16 Å². The van der Waals surface area contributed by atoms with Crippen LogP contribution in [-0.2, 0) is 20.9 Å². The number of oxime groups is 1. The van der Waals surface area contributed by atoms with Gasteiger partial charge in [0, 0.05) is 37.0 Å². The molecule has 57 heavy (non-hydrogen) atoms. The number of hydrogen-bond donors (Lipinski definition) is 1. The van der Waals surface area contributed by atoms with Gasteiger partial charge in [-0.2, -0.15) is 0 Å². The number of halogens is 2. The fourth-order valence-corrected chi connectivity index (χ4v) is 8.13. The quantitative estimate of drug-likeness (QED) is 0.0976. The minimum Gasteiger partial charge on any atom is -0.482 e. The van der Waals surface area contributed by atoms with E-state index in [1.165, 1.54) is 101 Å². The Morgan fingerprint density at radius 2 is 1.58 bits per heavy atom. The standard InChI is InChI=1S/C43H60F2N4O8/c1-4-5-6-7-8-9-10-11-12-13-14-15-16-17-18-19-24-55-42(53)56-39-37-41(52)48-29-35(43(23-22-30(48)2)26-36(54-3)47-57-43)49(37)28-33(38(39)50)40(51)46-27-31-20-21-32(44)25-34(31)45/h20-21,25,28,30,35H,4-19,22-24,26-27,29H2,1-3H3,(H,46,51)/t30-,35+,43-/m0/s1. The highest BCUT2D eigenvalue weighted by molar-refractivity contribution is 6.00. The number of nitrogens with one attached hydrogen (secondary N) is 1. The van der Waals surface area contributed by atoms with Crippen molar-refractivity contribution in [2.75, 3.05) is 20.3 Å². The van der Waals surface area contributed by atoms with Crippen LogP contribution < -0.4 is 15.5 Å². The summed E-state index contributed by atoms with van der Waals surface area (Å²) in [6, 6.07) is 1.99. The Morgan fingerprint density at radius 1 is 0.947 bits per heavy atom. The van der Waals surface area contributed by atoms with Gasteiger partial charge in [0.2, 0.25) is 17.1 Å². The molecule has 3 aliphatic rings. The van der Waals surface area contributed by atoms with E-state index in [9.17, 15) is 28.0 Å². The Bertz CT molecular complexity index is 1780. The van der Waals surface area contributed by atoms with Gasteiger partial charge in [0.25, 0.3) is 11.8 Å². The number of amides is 2. The fourth-order valence-electron chi connectivity index (χ4n) is 8.13. The molecule has 4 heterocycles. The molecule has 5 rings (SSSR count). The van der Waals surface area contributed by atoms with Gasteiger partial charge in [0.05, 0.1) is 26.2 Å². The van der Waals surface area contributed by atoms with Crippen molar-refractivity contribution in [1.29, 1.82) is 0 Å². The summed E-state index contributed by atoms with van der Waals surface area (Å²) in [7, 11) is 1.48. The molecular formula is C43H60F2N4O8. The Kier molecular flexibility index (Phi) is 16.3. The number of unbranched alkanes of at least 4 members (excludes halogenated alkanes) is 15. The summed E-state index contributed by atoms with van der Waals surface area (Å²) in [6.45, 7) is 3.98. The first-order valence-electron chi connectivity index (χ1n) is 21.0. The normalized spacial score (nSPS) is 19.8. The fraction of sp³-hybridized carbons (Fsp3) is 0.651. The van der Waals surface area contributed by atoms with Crippen molar-refractivity contribution in [2.24, 2.45) is 5.16 Å². The second-order valence-electron chi connectivity index (χ2n) is 15.8. The van der Waals surface area contributed by atoms with E-state index >= 15 is 0 Å². The molecule has 1 spiro atoms. The van der Waals surface area contributed by atoms with E-state index < -0.39 is 58.0 Å². The van der Waals surface area contributed by atoms with Crippen LogP contribution in [0.5, 0.6) is 5.75 Å². The molecule has 14 heteroatoms. The van der Waals surface area contributed by atoms with E-state index in [-0.39, 0.29) is 43.4 Å². The summed E-state index contributed by atoms with van der Waals surface area (Å²) in [6.07, 6.45) is 20.6. The lowest BCUT2D eigenvalue weighted by molar-refractivity contribution is -0.0655. The van der Waals surface area contributed by atoms with Gasteiger partial charge < -0.3 is 33.8 Å². The zero-order chi connectivity index (χ0) is 40.8. The van der Waals surface area contributed by atoms with Gasteiger partial charge in [-0.15, -0.1) is 0 Å². The zero-order valence-electron chi connectivity index (χ0n) is 33.9. The molecule has 314 valence electrons. The van der Waals surface area contributed by atoms with Crippen LogP contribution in [0.1, 0.15) is 168 Å². The number of methoxy groups -OCH3 is 1. The van der Waals surface area contributed by atoms with Crippen molar-refractivity contribution in [1.82, 2.24) is 14.8 Å². The van der Waals surface area contributed by atoms with Gasteiger partial charge in [0.15, 0.2) is 11.3 Å². The van der Waals surface area contributed by atoms with Gasteiger partial charge in [-0.1, -0.05) is 114 Å². The predicted octanol–water partition coefficient (Wildman–Crippen LogP) is 9.13. The summed E-state index contributed by atoms with van der Waals surface area (Å²) in [5.41, 5.74) is -2.72. The van der Waals surface area contributed by atoms with E-state index in [0.29, 0.717) is 31.2 Å². The van der Waals surface area contributed by atoms with Crippen LogP contribution in [0, 0.1) is 11.6 Å². The molecule has 1 N–H and O–H groups in total. The smallest absolute Gasteiger partial charge is 0.482 e. The van der Waals surface area contributed by atoms with E-state index in [2.05, 4.69) is 17.4 Å². The minimum atomic E-state index is -1.18. The van der Waals surface area contributed by atoms with E-state index in [1.54, 1.807) is 4.90 Å². The molecule has 12 nitrogen and oxygen atoms in total. The highest BCUT2D eigenvalue weighted by Gasteiger charge is 2.55. The Labute approximate surface area is 334 Å². The topological polar surface area (TPSA) is 138 Å². The maximum atomic E-state index is 14.4. The van der Waals surface area contributed by atoms with Crippen LogP contribution in [0.25, 0.3) is 0 Å². The third-order valence-electron chi connectivity index (χ3n) is 11.6. The molecule has 1 aromatic heterocycles. The number of hydrogen-bond acceptors (Lipinski definition) is 9. The summed E-state index contributed by atoms with van der Waals surface area (Å²) in [5, 5.41) is 6.62. The third kappa shape index (κ3) is 11.3. The zero-order valence-corrected chi connectivity index (χ0v) is 33.9. The SMILES string of the molecule is CCCCCCCCCCCCCCCCCCOC(=O)Oc1c2n(cc(C(=O)NCc3ccc(F)cc3F)c1=O)[C@@H]1CN(C2=O)[C@@H](C)CC[C@]12CC(OC)=NO2. The highest BCUT2D eigenvalue weighted by atomic mass is 19.1. The van der Waals surface area contributed by atoms with Gasteiger partial charge in [-0.05, 0) is 32.3 Å². The number of carbonyl (C=O) groups is 3. The summed E-state index contributed by atoms with van der Waals surface area (Å²) >= 11 is 0. The van der Waals surface area contributed by atoms with Gasteiger partial charge in [-0.25, -0.2) is 13.6 Å². The molecule has 3 atom stereocenters. The average molecular weight is 799 g/mol. The molecule has 1 saturated heterocycles. The number of nitrogens with zero attached hydrogens (tertiary/aromatic N) is 3. The monoisotopic (exact) mass is 798 g/mol. The number of benzene rings is 1. The molecule has 0 saturated carbocycles. The number of fused-ring (bicyclic) bond motifs is 5. The van der Waals surface area contributed by atoms with Crippen molar-refractivity contribution in [3.05, 3.63) is 63.1 Å². The van der Waals surface area contributed by atoms with Crippen molar-refractivity contribution < 1.29 is 42.2 Å². The number of pyridine rings is 1. The second kappa shape index (κ2) is 21.3. The molecule has 0 radical (unpaired) electrons. The van der Waals surface area contributed by atoms with E-state index in [4.69, 9.17) is 19.0 Å². The first-order valence-corrected chi connectivity index (χ1v) is 21.0. The van der Waals surface area contributed by atoms with Crippen molar-refractivity contribution in [3.63, 3.8) is 0 Å². The van der Waals surface area contributed by atoms with Crippen molar-refractivity contribution >= 4 is 23.9 Å². The van der Waals surface area contributed by atoms with Crippen LogP contribution in [0.15, 0.2) is 34.3 Å². The predicted molar refractivity (Wildman–Crippen MR) is 211 cm³/mol. The minimum absolute atomic E-state index is 0.0110. The summed E-state index contributed by atoms with van der Waals surface area (Å²) < 4.78 is 45.7. The van der Waals surface area contributed by atoms with Crippen molar-refractivity contribution in [2.45, 2.75) is 160 Å². The van der Waals surface area contributed by atoms with Crippen LogP contribution >= 0.6 is 0 Å². The van der Waals surface area contributed by atoms with E-state index in [1.807, 2.05) is 6.92 Å². The average Bonchev–Trinajstić information content (AvgIpc) is 3.58. The van der Waals surface area contributed by atoms with Gasteiger partial charge in [-0.3, -0.25) is 14.4 Å². The van der Waals surface area contributed by atoms with Crippen LogP contribution in [0.2, 0.25) is 0 Å². The van der Waals surface area contributed by atoms with Gasteiger partial charge in [0.1, 0.15) is 17.2 Å². The molecule has 2 amide bonds. The molecule has 2 aromatic rings. The first kappa shape index (κ1) is 43.6. The Balaban J connectivity index is 1.21. The van der Waals surface area contributed by atoms with Crippen LogP contribution in [-0.4, -0.2) is 65.2 Å². The molecule has 0 unspecified atom stereocenters. The first-order chi connectivity index (χ1) is 27.6.